The summed E-state index contributed by atoms with van der Waals surface area (Å²) in [5.74, 6) is -0.0423. The van der Waals surface area contributed by atoms with E-state index in [0.29, 0.717) is 13.0 Å². The van der Waals surface area contributed by atoms with E-state index in [1.165, 1.54) is 4.90 Å². The zero-order chi connectivity index (χ0) is 11.7. The summed E-state index contributed by atoms with van der Waals surface area (Å²) in [4.78, 5) is 23.9. The molecule has 2 rings (SSSR count). The molecule has 16 heavy (non-hydrogen) atoms. The van der Waals surface area contributed by atoms with Gasteiger partial charge in [0.05, 0.1) is 13.0 Å². The molecule has 2 heterocycles. The van der Waals surface area contributed by atoms with Crippen LogP contribution in [0.2, 0.25) is 0 Å². The van der Waals surface area contributed by atoms with Crippen molar-refractivity contribution >= 4 is 12.1 Å². The van der Waals surface area contributed by atoms with E-state index in [1.807, 2.05) is 0 Å². The van der Waals surface area contributed by atoms with Crippen LogP contribution in [0.1, 0.15) is 32.6 Å². The second-order valence-corrected chi connectivity index (χ2v) is 4.49. The minimum Gasteiger partial charge on any atom is -0.466 e. The molecule has 0 aliphatic carbocycles. The minimum absolute atomic E-state index is 0.0342. The second kappa shape index (κ2) is 4.31. The molecule has 2 saturated heterocycles. The molecule has 0 spiro atoms. The van der Waals surface area contributed by atoms with Crippen LogP contribution in [0.3, 0.4) is 0 Å². The smallest absolute Gasteiger partial charge is 0.407 e. The minimum atomic E-state index is -0.848. The predicted molar refractivity (Wildman–Crippen MR) is 56.0 cm³/mol. The standard InChI is InChI=1S/C11H17NO4/c1-2-16-10(13)6-7-5-8-3-4-9(7)12(8)11(14)15/h7-9H,2-6H2,1H3,(H,14,15)/t7?,8-,9+/m1/s1. The Hall–Kier alpha value is -1.26. The van der Waals surface area contributed by atoms with Gasteiger partial charge in [-0.3, -0.25) is 4.79 Å². The number of carboxylic acid groups (broad SMARTS) is 1. The summed E-state index contributed by atoms with van der Waals surface area (Å²) in [6.45, 7) is 2.17. The van der Waals surface area contributed by atoms with E-state index in [2.05, 4.69) is 0 Å². The van der Waals surface area contributed by atoms with Gasteiger partial charge >= 0.3 is 12.1 Å². The maximum Gasteiger partial charge on any atom is 0.407 e. The van der Waals surface area contributed by atoms with Crippen LogP contribution >= 0.6 is 0 Å². The van der Waals surface area contributed by atoms with Gasteiger partial charge in [-0.15, -0.1) is 0 Å². The molecule has 2 fully saturated rings. The van der Waals surface area contributed by atoms with Crippen LogP contribution in [0.15, 0.2) is 0 Å². The third-order valence-electron chi connectivity index (χ3n) is 3.62. The van der Waals surface area contributed by atoms with Gasteiger partial charge in [-0.25, -0.2) is 4.79 Å². The average molecular weight is 227 g/mol. The van der Waals surface area contributed by atoms with Gasteiger partial charge in [-0.05, 0) is 32.1 Å². The molecular weight excluding hydrogens is 210 g/mol. The Morgan fingerprint density at radius 1 is 1.44 bits per heavy atom. The van der Waals surface area contributed by atoms with Gasteiger partial charge in [0, 0.05) is 12.1 Å². The molecule has 3 atom stereocenters. The van der Waals surface area contributed by atoms with Gasteiger partial charge in [0.25, 0.3) is 0 Å². The molecule has 5 nitrogen and oxygen atoms in total. The monoisotopic (exact) mass is 227 g/mol. The highest BCUT2D eigenvalue weighted by Gasteiger charge is 2.49. The molecule has 1 amide bonds. The summed E-state index contributed by atoms with van der Waals surface area (Å²) in [7, 11) is 0. The Morgan fingerprint density at radius 3 is 2.75 bits per heavy atom. The number of fused-ring (bicyclic) bond motifs is 2. The van der Waals surface area contributed by atoms with Crippen molar-refractivity contribution in [1.82, 2.24) is 4.90 Å². The highest BCUT2D eigenvalue weighted by Crippen LogP contribution is 2.43. The number of esters is 1. The molecule has 0 aromatic rings. The highest BCUT2D eigenvalue weighted by molar-refractivity contribution is 5.71. The molecule has 90 valence electrons. The number of hydrogen-bond donors (Lipinski definition) is 1. The Balaban J connectivity index is 1.95. The summed E-state index contributed by atoms with van der Waals surface area (Å²) in [6, 6.07) is 0.161. The predicted octanol–water partition coefficient (Wildman–Crippen LogP) is 1.47. The lowest BCUT2D eigenvalue weighted by molar-refractivity contribution is -0.144. The Bertz CT molecular complexity index is 304. The van der Waals surface area contributed by atoms with E-state index in [-0.39, 0.29) is 24.0 Å². The molecule has 2 aliphatic heterocycles. The first kappa shape index (κ1) is 11.2. The fourth-order valence-corrected chi connectivity index (χ4v) is 3.06. The molecule has 1 unspecified atom stereocenters. The van der Waals surface area contributed by atoms with E-state index in [0.717, 1.165) is 19.3 Å². The fourth-order valence-electron chi connectivity index (χ4n) is 3.06. The van der Waals surface area contributed by atoms with E-state index >= 15 is 0 Å². The van der Waals surface area contributed by atoms with E-state index in [9.17, 15) is 9.59 Å². The molecule has 2 aliphatic rings. The topological polar surface area (TPSA) is 66.8 Å². The van der Waals surface area contributed by atoms with Crippen molar-refractivity contribution in [2.24, 2.45) is 5.92 Å². The van der Waals surface area contributed by atoms with Crippen LogP contribution < -0.4 is 0 Å². The number of hydrogen-bond acceptors (Lipinski definition) is 3. The fraction of sp³-hybridized carbons (Fsp3) is 0.818. The number of amides is 1. The van der Waals surface area contributed by atoms with Crippen LogP contribution in [-0.2, 0) is 9.53 Å². The zero-order valence-corrected chi connectivity index (χ0v) is 9.39. The summed E-state index contributed by atoms with van der Waals surface area (Å²) in [5, 5.41) is 9.06. The van der Waals surface area contributed by atoms with E-state index < -0.39 is 6.09 Å². The summed E-state index contributed by atoms with van der Waals surface area (Å²) in [5.41, 5.74) is 0. The Labute approximate surface area is 94.4 Å². The molecule has 0 aromatic heterocycles. The molecule has 1 N–H and O–H groups in total. The van der Waals surface area contributed by atoms with Gasteiger partial charge in [-0.2, -0.15) is 0 Å². The molecule has 0 aromatic carbocycles. The third kappa shape index (κ3) is 1.86. The van der Waals surface area contributed by atoms with E-state index in [4.69, 9.17) is 9.84 Å². The van der Waals surface area contributed by atoms with Crippen molar-refractivity contribution in [3.63, 3.8) is 0 Å². The molecule has 2 bridgehead atoms. The first-order chi connectivity index (χ1) is 7.63. The maximum absolute atomic E-state index is 11.4. The largest absolute Gasteiger partial charge is 0.466 e. The quantitative estimate of drug-likeness (QED) is 0.741. The van der Waals surface area contributed by atoms with Crippen LogP contribution in [0.4, 0.5) is 4.79 Å². The Kier molecular flexibility index (Phi) is 3.03. The van der Waals surface area contributed by atoms with Crippen molar-refractivity contribution in [3.05, 3.63) is 0 Å². The zero-order valence-electron chi connectivity index (χ0n) is 9.39. The van der Waals surface area contributed by atoms with Crippen LogP contribution in [0.25, 0.3) is 0 Å². The van der Waals surface area contributed by atoms with Crippen molar-refractivity contribution in [1.29, 1.82) is 0 Å². The van der Waals surface area contributed by atoms with E-state index in [1.54, 1.807) is 6.92 Å². The summed E-state index contributed by atoms with van der Waals surface area (Å²) < 4.78 is 4.90. The first-order valence-corrected chi connectivity index (χ1v) is 5.80. The lowest BCUT2D eigenvalue weighted by atomic mass is 9.87. The third-order valence-corrected chi connectivity index (χ3v) is 3.62. The van der Waals surface area contributed by atoms with Gasteiger partial charge in [0.1, 0.15) is 0 Å². The van der Waals surface area contributed by atoms with Crippen molar-refractivity contribution < 1.29 is 19.4 Å². The molecular formula is C11H17NO4. The van der Waals surface area contributed by atoms with Crippen molar-refractivity contribution in [2.45, 2.75) is 44.7 Å². The van der Waals surface area contributed by atoms with Crippen LogP contribution in [0, 0.1) is 5.92 Å². The molecule has 0 radical (unpaired) electrons. The molecule has 0 saturated carbocycles. The number of carbonyl (C=O) groups is 2. The van der Waals surface area contributed by atoms with Crippen molar-refractivity contribution in [3.8, 4) is 0 Å². The summed E-state index contributed by atoms with van der Waals surface area (Å²) in [6.07, 6.45) is 2.16. The van der Waals surface area contributed by atoms with Crippen LogP contribution in [-0.4, -0.2) is 40.8 Å². The molecule has 5 heteroatoms. The summed E-state index contributed by atoms with van der Waals surface area (Å²) >= 11 is 0. The second-order valence-electron chi connectivity index (χ2n) is 4.49. The maximum atomic E-state index is 11.4. The SMILES string of the molecule is CCOC(=O)CC1C[C@H]2CC[C@@H]1N2C(=O)O. The first-order valence-electron chi connectivity index (χ1n) is 5.80. The normalized spacial score (nSPS) is 31.8. The number of ether oxygens (including phenoxy) is 1. The van der Waals surface area contributed by atoms with Gasteiger partial charge in [-0.1, -0.05) is 0 Å². The number of rotatable bonds is 3. The van der Waals surface area contributed by atoms with Gasteiger partial charge in [0.2, 0.25) is 0 Å². The average Bonchev–Trinajstić information content (AvgIpc) is 2.74. The van der Waals surface area contributed by atoms with Crippen LogP contribution in [0.5, 0.6) is 0 Å². The lowest BCUT2D eigenvalue weighted by Crippen LogP contribution is -2.35. The number of carbonyl (C=O) groups excluding carboxylic acids is 1. The van der Waals surface area contributed by atoms with Crippen molar-refractivity contribution in [2.75, 3.05) is 6.61 Å². The van der Waals surface area contributed by atoms with Gasteiger partial charge < -0.3 is 14.7 Å². The number of nitrogens with zero attached hydrogens (tertiary/aromatic N) is 1. The Morgan fingerprint density at radius 2 is 2.19 bits per heavy atom. The highest BCUT2D eigenvalue weighted by atomic mass is 16.5. The van der Waals surface area contributed by atoms with Gasteiger partial charge in [0.15, 0.2) is 0 Å². The lowest BCUT2D eigenvalue weighted by Gasteiger charge is -2.21.